The summed E-state index contributed by atoms with van der Waals surface area (Å²) >= 11 is 0. The molecule has 1 aliphatic heterocycles. The van der Waals surface area contributed by atoms with Crippen LogP contribution in [0.2, 0.25) is 0 Å². The third-order valence-electron chi connectivity index (χ3n) is 2.29. The fourth-order valence-electron chi connectivity index (χ4n) is 1.57. The van der Waals surface area contributed by atoms with Crippen molar-refractivity contribution in [1.29, 1.82) is 0 Å². The number of nitrogens with one attached hydrogen (secondary N) is 1. The lowest BCUT2D eigenvalue weighted by Gasteiger charge is -2.37. The molecule has 3 atom stereocenters. The molecule has 15 heavy (non-hydrogen) atoms. The van der Waals surface area contributed by atoms with Crippen LogP contribution in [0, 0.1) is 0 Å². The van der Waals surface area contributed by atoms with Crippen LogP contribution in [0.1, 0.15) is 6.92 Å². The highest BCUT2D eigenvalue weighted by Crippen LogP contribution is 2.12. The highest BCUT2D eigenvalue weighted by atomic mass is 16.4. The number of nitrogens with zero attached hydrogens (tertiary/aromatic N) is 1. The lowest BCUT2D eigenvalue weighted by atomic mass is 10.00. The smallest absolute Gasteiger partial charge is 0.407 e. The first kappa shape index (κ1) is 11.7. The predicted octanol–water partition coefficient (Wildman–Crippen LogP) is -1.79. The Morgan fingerprint density at radius 3 is 2.40 bits per heavy atom. The topological polar surface area (TPSA) is 110 Å². The number of hydrogen-bond acceptors (Lipinski definition) is 4. The van der Waals surface area contributed by atoms with Gasteiger partial charge in [0, 0.05) is 13.5 Å². The van der Waals surface area contributed by atoms with E-state index in [4.69, 9.17) is 5.11 Å². The molecule has 2 unspecified atom stereocenters. The Bertz CT molecular complexity index is 270. The van der Waals surface area contributed by atoms with Crippen molar-refractivity contribution in [3.63, 3.8) is 0 Å². The van der Waals surface area contributed by atoms with E-state index in [0.717, 1.165) is 4.90 Å². The summed E-state index contributed by atoms with van der Waals surface area (Å²) in [6, 6.07) is -0.762. The van der Waals surface area contributed by atoms with Crippen LogP contribution in [0.25, 0.3) is 0 Å². The van der Waals surface area contributed by atoms with E-state index in [1.807, 2.05) is 0 Å². The van der Waals surface area contributed by atoms with Crippen LogP contribution in [0.3, 0.4) is 0 Å². The minimum atomic E-state index is -1.18. The maximum Gasteiger partial charge on any atom is 0.407 e. The molecular weight excluding hydrogens is 204 g/mol. The predicted molar refractivity (Wildman–Crippen MR) is 49.2 cm³/mol. The van der Waals surface area contributed by atoms with Gasteiger partial charge in [-0.3, -0.25) is 4.79 Å². The number of carbonyl (C=O) groups is 2. The van der Waals surface area contributed by atoms with Crippen molar-refractivity contribution in [2.24, 2.45) is 0 Å². The first-order chi connectivity index (χ1) is 6.91. The van der Waals surface area contributed by atoms with Gasteiger partial charge in [0.15, 0.2) is 0 Å². The Morgan fingerprint density at radius 1 is 1.33 bits per heavy atom. The van der Waals surface area contributed by atoms with Crippen LogP contribution in [0.15, 0.2) is 0 Å². The van der Waals surface area contributed by atoms with E-state index in [1.54, 1.807) is 0 Å². The zero-order valence-corrected chi connectivity index (χ0v) is 8.25. The van der Waals surface area contributed by atoms with E-state index in [1.165, 1.54) is 6.92 Å². The van der Waals surface area contributed by atoms with Gasteiger partial charge < -0.3 is 25.5 Å². The Hall–Kier alpha value is -1.34. The monoisotopic (exact) mass is 218 g/mol. The van der Waals surface area contributed by atoms with E-state index in [-0.39, 0.29) is 19.0 Å². The summed E-state index contributed by atoms with van der Waals surface area (Å²) in [5.41, 5.74) is 0. The van der Waals surface area contributed by atoms with Gasteiger partial charge in [0.05, 0.1) is 18.7 Å². The molecule has 4 N–H and O–H groups in total. The molecule has 7 nitrogen and oxygen atoms in total. The van der Waals surface area contributed by atoms with Gasteiger partial charge in [-0.25, -0.2) is 4.79 Å². The van der Waals surface area contributed by atoms with Crippen molar-refractivity contribution in [3.05, 3.63) is 0 Å². The Kier molecular flexibility index (Phi) is 3.48. The molecule has 1 fully saturated rings. The van der Waals surface area contributed by atoms with Crippen molar-refractivity contribution in [2.75, 3.05) is 13.1 Å². The summed E-state index contributed by atoms with van der Waals surface area (Å²) in [7, 11) is 0. The minimum Gasteiger partial charge on any atom is -0.465 e. The van der Waals surface area contributed by atoms with Crippen molar-refractivity contribution < 1.29 is 24.9 Å². The van der Waals surface area contributed by atoms with Crippen LogP contribution in [0.4, 0.5) is 4.79 Å². The number of carbonyl (C=O) groups excluding carboxylic acids is 1. The third kappa shape index (κ3) is 2.80. The molecule has 0 saturated carbocycles. The molecule has 1 heterocycles. The number of aliphatic hydroxyl groups excluding tert-OH is 2. The summed E-state index contributed by atoms with van der Waals surface area (Å²) in [5.74, 6) is -0.376. The number of likely N-dealkylation sites (tertiary alicyclic amines) is 1. The first-order valence-corrected chi connectivity index (χ1v) is 4.53. The molecule has 0 aromatic carbocycles. The molecule has 0 radical (unpaired) electrons. The average molecular weight is 218 g/mol. The number of rotatable bonds is 1. The van der Waals surface area contributed by atoms with Gasteiger partial charge in [0.1, 0.15) is 6.10 Å². The molecule has 0 bridgehead atoms. The van der Waals surface area contributed by atoms with Crippen molar-refractivity contribution >= 4 is 12.0 Å². The molecule has 1 rings (SSSR count). The van der Waals surface area contributed by atoms with E-state index < -0.39 is 24.3 Å². The van der Waals surface area contributed by atoms with Gasteiger partial charge in [-0.05, 0) is 0 Å². The van der Waals surface area contributed by atoms with Crippen LogP contribution >= 0.6 is 0 Å². The molecule has 1 aliphatic rings. The normalized spacial score (nSPS) is 31.1. The van der Waals surface area contributed by atoms with Crippen molar-refractivity contribution in [3.8, 4) is 0 Å². The zero-order chi connectivity index (χ0) is 11.6. The largest absolute Gasteiger partial charge is 0.465 e. The molecular formula is C8H14N2O5. The lowest BCUT2D eigenvalue weighted by molar-refractivity contribution is -0.123. The number of hydrogen-bond donors (Lipinski definition) is 4. The highest BCUT2D eigenvalue weighted by Gasteiger charge is 2.36. The first-order valence-electron chi connectivity index (χ1n) is 4.53. The van der Waals surface area contributed by atoms with Crippen molar-refractivity contribution in [1.82, 2.24) is 10.2 Å². The fourth-order valence-corrected chi connectivity index (χ4v) is 1.57. The molecule has 1 saturated heterocycles. The molecule has 0 aromatic heterocycles. The average Bonchev–Trinajstić information content (AvgIpc) is 2.11. The van der Waals surface area contributed by atoms with E-state index >= 15 is 0 Å². The Balaban J connectivity index is 2.68. The summed E-state index contributed by atoms with van der Waals surface area (Å²) in [5, 5.41) is 30.0. The summed E-state index contributed by atoms with van der Waals surface area (Å²) in [6.07, 6.45) is -3.49. The fraction of sp³-hybridized carbons (Fsp3) is 0.750. The number of piperidine rings is 1. The number of carboxylic acid groups (broad SMARTS) is 1. The standard InChI is InChI=1S/C8H14N2O5/c1-4(11)9-5-2-10(8(14)15)3-6(12)7(5)13/h5-7,12-13H,2-3H2,1H3,(H,9,11)(H,14,15)/t5-,6?,7?/m0/s1. The quantitative estimate of drug-likeness (QED) is 0.415. The second-order valence-corrected chi connectivity index (χ2v) is 3.55. The summed E-state index contributed by atoms with van der Waals surface area (Å²) in [4.78, 5) is 22.4. The van der Waals surface area contributed by atoms with E-state index in [0.29, 0.717) is 0 Å². The van der Waals surface area contributed by atoms with Gasteiger partial charge >= 0.3 is 6.09 Å². The van der Waals surface area contributed by atoms with Gasteiger partial charge in [-0.1, -0.05) is 0 Å². The van der Waals surface area contributed by atoms with Crippen LogP contribution in [-0.2, 0) is 4.79 Å². The lowest BCUT2D eigenvalue weighted by Crippen LogP contribution is -2.62. The van der Waals surface area contributed by atoms with Crippen LogP contribution < -0.4 is 5.32 Å². The number of amides is 2. The Morgan fingerprint density at radius 2 is 1.93 bits per heavy atom. The van der Waals surface area contributed by atoms with E-state index in [9.17, 15) is 19.8 Å². The molecule has 0 aromatic rings. The molecule has 2 amide bonds. The number of β-amino-alcohol motifs (C(OH)–C–C–N with tert-alkyl or cyclic N) is 1. The minimum absolute atomic E-state index is 0.0207. The second-order valence-electron chi connectivity index (χ2n) is 3.55. The number of aliphatic hydroxyl groups is 2. The zero-order valence-electron chi connectivity index (χ0n) is 8.25. The third-order valence-corrected chi connectivity index (χ3v) is 2.29. The summed E-state index contributed by atoms with van der Waals surface area (Å²) in [6.45, 7) is 1.10. The maximum absolute atomic E-state index is 10.8. The second kappa shape index (κ2) is 4.45. The van der Waals surface area contributed by atoms with Crippen LogP contribution in [0.5, 0.6) is 0 Å². The van der Waals surface area contributed by atoms with Gasteiger partial charge in [-0.2, -0.15) is 0 Å². The van der Waals surface area contributed by atoms with Gasteiger partial charge in [-0.15, -0.1) is 0 Å². The molecule has 0 spiro atoms. The van der Waals surface area contributed by atoms with Gasteiger partial charge in [0.25, 0.3) is 0 Å². The summed E-state index contributed by atoms with van der Waals surface area (Å²) < 4.78 is 0. The maximum atomic E-state index is 10.8. The molecule has 86 valence electrons. The Labute approximate surface area is 86.3 Å². The molecule has 7 heteroatoms. The molecule has 0 aliphatic carbocycles. The van der Waals surface area contributed by atoms with E-state index in [2.05, 4.69) is 5.32 Å². The highest BCUT2D eigenvalue weighted by molar-refractivity contribution is 5.73. The SMILES string of the molecule is CC(=O)N[C@H]1CN(C(=O)O)CC(O)C1O. The van der Waals surface area contributed by atoms with Crippen molar-refractivity contribution in [2.45, 2.75) is 25.2 Å². The van der Waals surface area contributed by atoms with Gasteiger partial charge in [0.2, 0.25) is 5.91 Å². The van der Waals surface area contributed by atoms with Crippen LogP contribution in [-0.4, -0.2) is 63.6 Å².